The fourth-order valence-corrected chi connectivity index (χ4v) is 4.78. The lowest BCUT2D eigenvalue weighted by Crippen LogP contribution is -2.40. The first-order chi connectivity index (χ1) is 13.7. The molecule has 3 rings (SSSR count). The lowest BCUT2D eigenvalue weighted by Gasteiger charge is -2.27. The molecule has 2 N–H and O–H groups in total. The van der Waals surface area contributed by atoms with Gasteiger partial charge >= 0.3 is 0 Å². The minimum atomic E-state index is -3.64. The van der Waals surface area contributed by atoms with E-state index >= 15 is 0 Å². The third kappa shape index (κ3) is 5.46. The summed E-state index contributed by atoms with van der Waals surface area (Å²) in [6.07, 6.45) is 2.13. The van der Waals surface area contributed by atoms with E-state index in [1.165, 1.54) is 16.6 Å². The van der Waals surface area contributed by atoms with Crippen LogP contribution in [0.25, 0.3) is 0 Å². The summed E-state index contributed by atoms with van der Waals surface area (Å²) in [5, 5.41) is 3.05. The number of morpholine rings is 1. The summed E-state index contributed by atoms with van der Waals surface area (Å²) in [5.74, 6) is -0.327. The summed E-state index contributed by atoms with van der Waals surface area (Å²) in [6.45, 7) is 7.75. The van der Waals surface area contributed by atoms with E-state index in [4.69, 9.17) is 4.74 Å². The molecule has 1 unspecified atom stereocenters. The number of benzene rings is 1. The Morgan fingerprint density at radius 2 is 1.86 bits per heavy atom. The molecule has 0 aliphatic carbocycles. The molecular weight excluding hydrogens is 390 g/mol. The molecule has 2 heterocycles. The zero-order chi connectivity index (χ0) is 21.1. The molecule has 0 saturated carbocycles. The molecule has 7 nitrogen and oxygen atoms in total. The molecule has 1 aromatic heterocycles. The second-order valence-electron chi connectivity index (χ2n) is 8.47. The molecule has 1 aromatic carbocycles. The van der Waals surface area contributed by atoms with Crippen LogP contribution in [0.5, 0.6) is 0 Å². The molecule has 29 heavy (non-hydrogen) atoms. The summed E-state index contributed by atoms with van der Waals surface area (Å²) < 4.78 is 32.2. The van der Waals surface area contributed by atoms with Crippen LogP contribution in [-0.4, -0.2) is 49.9 Å². The van der Waals surface area contributed by atoms with Crippen LogP contribution in [-0.2, 0) is 14.8 Å². The van der Waals surface area contributed by atoms with Gasteiger partial charge in [0, 0.05) is 19.3 Å². The van der Waals surface area contributed by atoms with E-state index in [-0.39, 0.29) is 28.0 Å². The Morgan fingerprint density at radius 1 is 1.21 bits per heavy atom. The molecule has 1 aliphatic rings. The van der Waals surface area contributed by atoms with E-state index in [0.29, 0.717) is 26.3 Å². The molecular formula is C21H29N3O4S. The SMILES string of the molecule is CC(C)(C)CC(NC(=O)c1cc(S(=O)(=O)N2CCOCC2)c[nH]1)c1ccccc1. The first-order valence-corrected chi connectivity index (χ1v) is 11.2. The van der Waals surface area contributed by atoms with Crippen LogP contribution in [0.3, 0.4) is 0 Å². The van der Waals surface area contributed by atoms with E-state index in [1.807, 2.05) is 30.3 Å². The van der Waals surface area contributed by atoms with Crippen molar-refractivity contribution in [3.63, 3.8) is 0 Å². The smallest absolute Gasteiger partial charge is 0.268 e. The lowest BCUT2D eigenvalue weighted by atomic mass is 9.85. The van der Waals surface area contributed by atoms with Gasteiger partial charge in [0.05, 0.1) is 19.3 Å². The summed E-state index contributed by atoms with van der Waals surface area (Å²) in [5.41, 5.74) is 1.25. The lowest BCUT2D eigenvalue weighted by molar-refractivity contribution is 0.0730. The minimum Gasteiger partial charge on any atom is -0.379 e. The molecule has 1 amide bonds. The van der Waals surface area contributed by atoms with Crippen LogP contribution < -0.4 is 5.32 Å². The highest BCUT2D eigenvalue weighted by Crippen LogP contribution is 2.29. The van der Waals surface area contributed by atoms with Crippen molar-refractivity contribution in [1.82, 2.24) is 14.6 Å². The van der Waals surface area contributed by atoms with Crippen molar-refractivity contribution in [3.8, 4) is 0 Å². The van der Waals surface area contributed by atoms with E-state index in [0.717, 1.165) is 12.0 Å². The number of aromatic nitrogens is 1. The topological polar surface area (TPSA) is 91.5 Å². The van der Waals surface area contributed by atoms with E-state index in [9.17, 15) is 13.2 Å². The number of sulfonamides is 1. The number of hydrogen-bond acceptors (Lipinski definition) is 4. The van der Waals surface area contributed by atoms with Crippen LogP contribution >= 0.6 is 0 Å². The highest BCUT2D eigenvalue weighted by Gasteiger charge is 2.29. The van der Waals surface area contributed by atoms with Crippen molar-refractivity contribution in [2.75, 3.05) is 26.3 Å². The van der Waals surface area contributed by atoms with Gasteiger partial charge in [0.25, 0.3) is 5.91 Å². The summed E-state index contributed by atoms with van der Waals surface area (Å²) in [4.78, 5) is 15.8. The van der Waals surface area contributed by atoms with E-state index in [1.54, 1.807) is 0 Å². The van der Waals surface area contributed by atoms with Gasteiger partial charge < -0.3 is 15.0 Å². The molecule has 1 atom stereocenters. The Kier molecular flexibility index (Phi) is 6.45. The van der Waals surface area contributed by atoms with Crippen LogP contribution in [0.4, 0.5) is 0 Å². The Bertz CT molecular complexity index is 926. The maximum Gasteiger partial charge on any atom is 0.268 e. The first-order valence-electron chi connectivity index (χ1n) is 9.79. The number of aromatic amines is 1. The van der Waals surface area contributed by atoms with Crippen molar-refractivity contribution in [2.45, 2.75) is 38.1 Å². The van der Waals surface area contributed by atoms with Gasteiger partial charge in [-0.2, -0.15) is 4.31 Å². The summed E-state index contributed by atoms with van der Waals surface area (Å²) in [6, 6.07) is 11.0. The second kappa shape index (κ2) is 8.69. The molecule has 2 aromatic rings. The molecule has 1 saturated heterocycles. The van der Waals surface area contributed by atoms with Gasteiger partial charge in [-0.25, -0.2) is 8.42 Å². The minimum absolute atomic E-state index is 0.00829. The molecule has 0 spiro atoms. The van der Waals surface area contributed by atoms with Gasteiger partial charge in [-0.3, -0.25) is 4.79 Å². The molecule has 8 heteroatoms. The third-order valence-corrected chi connectivity index (χ3v) is 6.71. The molecule has 158 valence electrons. The standard InChI is InChI=1S/C21H29N3O4S/c1-21(2,3)14-19(16-7-5-4-6-8-16)23-20(25)18-13-17(15-22-18)29(26,27)24-9-11-28-12-10-24/h4-8,13,15,19,22H,9-12,14H2,1-3H3,(H,23,25). The Balaban J connectivity index is 1.77. The quantitative estimate of drug-likeness (QED) is 0.753. The van der Waals surface area contributed by atoms with Crippen LogP contribution in [0.2, 0.25) is 0 Å². The zero-order valence-corrected chi connectivity index (χ0v) is 18.0. The van der Waals surface area contributed by atoms with Crippen molar-refractivity contribution in [1.29, 1.82) is 0 Å². The first kappa shape index (κ1) is 21.5. The number of amides is 1. The van der Waals surface area contributed by atoms with E-state index < -0.39 is 10.0 Å². The van der Waals surface area contributed by atoms with Crippen LogP contribution in [0.15, 0.2) is 47.5 Å². The maximum atomic E-state index is 12.9. The number of H-pyrrole nitrogens is 1. The Morgan fingerprint density at radius 3 is 2.48 bits per heavy atom. The summed E-state index contributed by atoms with van der Waals surface area (Å²) in [7, 11) is -3.64. The van der Waals surface area contributed by atoms with Gasteiger partial charge in [0.2, 0.25) is 10.0 Å². The number of carbonyl (C=O) groups excluding carboxylic acids is 1. The average molecular weight is 420 g/mol. The number of ether oxygens (including phenoxy) is 1. The highest BCUT2D eigenvalue weighted by molar-refractivity contribution is 7.89. The van der Waals surface area contributed by atoms with Crippen molar-refractivity contribution < 1.29 is 17.9 Å². The maximum absolute atomic E-state index is 12.9. The third-order valence-electron chi connectivity index (χ3n) is 4.83. The zero-order valence-electron chi connectivity index (χ0n) is 17.1. The Hall–Kier alpha value is -2.16. The van der Waals surface area contributed by atoms with Crippen LogP contribution in [0.1, 0.15) is 49.3 Å². The fraction of sp³-hybridized carbons (Fsp3) is 0.476. The summed E-state index contributed by atoms with van der Waals surface area (Å²) >= 11 is 0. The second-order valence-corrected chi connectivity index (χ2v) is 10.4. The van der Waals surface area contributed by atoms with Gasteiger partial charge in [0.1, 0.15) is 10.6 Å². The van der Waals surface area contributed by atoms with Gasteiger partial charge in [-0.15, -0.1) is 0 Å². The normalized spacial score (nSPS) is 17.1. The van der Waals surface area contributed by atoms with Gasteiger partial charge in [-0.1, -0.05) is 51.1 Å². The number of nitrogens with zero attached hydrogens (tertiary/aromatic N) is 1. The monoisotopic (exact) mass is 419 g/mol. The van der Waals surface area contributed by atoms with Crippen molar-refractivity contribution >= 4 is 15.9 Å². The molecule has 1 fully saturated rings. The van der Waals surface area contributed by atoms with Crippen molar-refractivity contribution in [3.05, 3.63) is 53.9 Å². The number of nitrogens with one attached hydrogen (secondary N) is 2. The predicted molar refractivity (Wildman–Crippen MR) is 111 cm³/mol. The predicted octanol–water partition coefficient (Wildman–Crippen LogP) is 2.94. The molecule has 0 bridgehead atoms. The number of hydrogen-bond donors (Lipinski definition) is 2. The highest BCUT2D eigenvalue weighted by atomic mass is 32.2. The van der Waals surface area contributed by atoms with E-state index in [2.05, 4.69) is 31.1 Å². The van der Waals surface area contributed by atoms with Gasteiger partial charge in [0.15, 0.2) is 0 Å². The molecule has 1 aliphatic heterocycles. The van der Waals surface area contributed by atoms with Crippen molar-refractivity contribution in [2.24, 2.45) is 5.41 Å². The van der Waals surface area contributed by atoms with Crippen LogP contribution in [0, 0.1) is 5.41 Å². The fourth-order valence-electron chi connectivity index (χ4n) is 3.38. The molecule has 0 radical (unpaired) electrons. The number of rotatable bonds is 6. The average Bonchev–Trinajstić information content (AvgIpc) is 3.19. The Labute approximate surface area is 172 Å². The largest absolute Gasteiger partial charge is 0.379 e. The van der Waals surface area contributed by atoms with Gasteiger partial charge in [-0.05, 0) is 23.5 Å². The number of carbonyl (C=O) groups is 1.